The number of ether oxygens (including phenoxy) is 3. The molecule has 1 aliphatic rings. The van der Waals surface area contributed by atoms with E-state index < -0.39 is 5.97 Å². The lowest BCUT2D eigenvalue weighted by Gasteiger charge is -2.36. The molecule has 0 aromatic heterocycles. The van der Waals surface area contributed by atoms with Crippen LogP contribution in [0.2, 0.25) is 0 Å². The molecule has 8 heteroatoms. The third kappa shape index (κ3) is 4.53. The zero-order valence-electron chi connectivity index (χ0n) is 16.8. The summed E-state index contributed by atoms with van der Waals surface area (Å²) in [4.78, 5) is 28.5. The summed E-state index contributed by atoms with van der Waals surface area (Å²) in [6.45, 7) is 2.41. The van der Waals surface area contributed by atoms with Crippen LogP contribution >= 0.6 is 0 Å². The highest BCUT2D eigenvalue weighted by atomic mass is 16.5. The van der Waals surface area contributed by atoms with Gasteiger partial charge >= 0.3 is 12.0 Å². The molecule has 2 amide bonds. The van der Waals surface area contributed by atoms with Gasteiger partial charge in [-0.3, -0.25) is 0 Å². The van der Waals surface area contributed by atoms with Crippen molar-refractivity contribution in [2.24, 2.45) is 0 Å². The van der Waals surface area contributed by atoms with Crippen molar-refractivity contribution >= 4 is 23.4 Å². The highest BCUT2D eigenvalue weighted by Crippen LogP contribution is 2.32. The van der Waals surface area contributed by atoms with Gasteiger partial charge in [-0.2, -0.15) is 0 Å². The van der Waals surface area contributed by atoms with Gasteiger partial charge < -0.3 is 29.3 Å². The molecule has 3 rings (SSSR count). The first-order valence-electron chi connectivity index (χ1n) is 9.27. The van der Waals surface area contributed by atoms with E-state index in [1.54, 1.807) is 43.4 Å². The number of benzene rings is 2. The molecule has 1 saturated heterocycles. The van der Waals surface area contributed by atoms with E-state index in [0.29, 0.717) is 37.4 Å². The molecule has 0 radical (unpaired) electrons. The van der Waals surface area contributed by atoms with E-state index in [2.05, 4.69) is 10.2 Å². The number of hydrogen-bond acceptors (Lipinski definition) is 6. The van der Waals surface area contributed by atoms with Crippen LogP contribution in [0.3, 0.4) is 0 Å². The summed E-state index contributed by atoms with van der Waals surface area (Å²) in [6, 6.07) is 12.2. The molecule has 2 aromatic rings. The number of nitrogens with one attached hydrogen (secondary N) is 1. The molecule has 1 aliphatic heterocycles. The van der Waals surface area contributed by atoms with Crippen LogP contribution in [0.5, 0.6) is 11.5 Å². The molecule has 0 aliphatic carbocycles. The van der Waals surface area contributed by atoms with Crippen molar-refractivity contribution in [1.29, 1.82) is 0 Å². The standard InChI is InChI=1S/C21H25N3O5/c1-27-15-8-9-18(19(14-15)28-2)23-10-12-24(13-11-23)21(26)22-17-7-5-4-6-16(17)20(25)29-3/h4-9,14H,10-13H2,1-3H3,(H,22,26). The van der Waals surface area contributed by atoms with E-state index in [1.165, 1.54) is 7.11 Å². The molecule has 1 heterocycles. The van der Waals surface area contributed by atoms with Crippen molar-refractivity contribution in [3.8, 4) is 11.5 Å². The summed E-state index contributed by atoms with van der Waals surface area (Å²) >= 11 is 0. The molecule has 0 bridgehead atoms. The Morgan fingerprint density at radius 2 is 1.66 bits per heavy atom. The van der Waals surface area contributed by atoms with Crippen molar-refractivity contribution < 1.29 is 23.8 Å². The third-order valence-corrected chi connectivity index (χ3v) is 4.87. The topological polar surface area (TPSA) is 80.3 Å². The van der Waals surface area contributed by atoms with Crippen LogP contribution in [0, 0.1) is 0 Å². The van der Waals surface area contributed by atoms with E-state index in [4.69, 9.17) is 14.2 Å². The van der Waals surface area contributed by atoms with Gasteiger partial charge in [-0.25, -0.2) is 9.59 Å². The van der Waals surface area contributed by atoms with Crippen molar-refractivity contribution in [2.75, 3.05) is 57.7 Å². The number of piperazine rings is 1. The van der Waals surface area contributed by atoms with Crippen LogP contribution in [0.4, 0.5) is 16.2 Å². The number of anilines is 2. The number of esters is 1. The van der Waals surface area contributed by atoms with Crippen molar-refractivity contribution in [3.05, 3.63) is 48.0 Å². The van der Waals surface area contributed by atoms with Crippen molar-refractivity contribution in [3.63, 3.8) is 0 Å². The lowest BCUT2D eigenvalue weighted by Crippen LogP contribution is -2.50. The van der Waals surface area contributed by atoms with Crippen LogP contribution in [-0.2, 0) is 4.74 Å². The molecule has 0 atom stereocenters. The number of urea groups is 1. The molecule has 1 fully saturated rings. The predicted octanol–water partition coefficient (Wildman–Crippen LogP) is 2.84. The Hall–Kier alpha value is -3.42. The highest BCUT2D eigenvalue weighted by molar-refractivity contribution is 6.00. The maximum Gasteiger partial charge on any atom is 0.339 e. The minimum atomic E-state index is -0.489. The van der Waals surface area contributed by atoms with Crippen LogP contribution in [0.15, 0.2) is 42.5 Å². The van der Waals surface area contributed by atoms with E-state index >= 15 is 0 Å². The average molecular weight is 399 g/mol. The zero-order valence-corrected chi connectivity index (χ0v) is 16.8. The fraction of sp³-hybridized carbons (Fsp3) is 0.333. The van der Waals surface area contributed by atoms with Crippen LogP contribution in [0.1, 0.15) is 10.4 Å². The van der Waals surface area contributed by atoms with E-state index in [9.17, 15) is 9.59 Å². The summed E-state index contributed by atoms with van der Waals surface area (Å²) in [5, 5.41) is 2.81. The minimum Gasteiger partial charge on any atom is -0.497 e. The second-order valence-electron chi connectivity index (χ2n) is 6.48. The summed E-state index contributed by atoms with van der Waals surface area (Å²) in [5.41, 5.74) is 1.72. The van der Waals surface area contributed by atoms with Gasteiger partial charge in [0.15, 0.2) is 0 Å². The fourth-order valence-electron chi connectivity index (χ4n) is 3.27. The first kappa shape index (κ1) is 20.3. The van der Waals surface area contributed by atoms with Gasteiger partial charge in [0.05, 0.1) is 38.3 Å². The van der Waals surface area contributed by atoms with Crippen LogP contribution in [-0.4, -0.2) is 64.4 Å². The first-order valence-corrected chi connectivity index (χ1v) is 9.27. The molecular weight excluding hydrogens is 374 g/mol. The highest BCUT2D eigenvalue weighted by Gasteiger charge is 2.24. The number of carbonyl (C=O) groups excluding carboxylic acids is 2. The Bertz CT molecular complexity index is 878. The Labute approximate surface area is 170 Å². The van der Waals surface area contributed by atoms with Crippen LogP contribution < -0.4 is 19.7 Å². The zero-order chi connectivity index (χ0) is 20.8. The van der Waals surface area contributed by atoms with Gasteiger partial charge in [-0.15, -0.1) is 0 Å². The first-order chi connectivity index (χ1) is 14.1. The summed E-state index contributed by atoms with van der Waals surface area (Å²) in [6.07, 6.45) is 0. The predicted molar refractivity (Wildman–Crippen MR) is 110 cm³/mol. The molecule has 154 valence electrons. The van der Waals surface area contributed by atoms with Gasteiger partial charge in [-0.1, -0.05) is 12.1 Å². The molecule has 8 nitrogen and oxygen atoms in total. The SMILES string of the molecule is COC(=O)c1ccccc1NC(=O)N1CCN(c2ccc(OC)cc2OC)CC1. The minimum absolute atomic E-state index is 0.248. The number of rotatable bonds is 5. The molecule has 0 unspecified atom stereocenters. The second-order valence-corrected chi connectivity index (χ2v) is 6.48. The van der Waals surface area contributed by atoms with E-state index in [0.717, 1.165) is 17.2 Å². The Morgan fingerprint density at radius 1 is 0.931 bits per heavy atom. The normalized spacial score (nSPS) is 13.6. The number of methoxy groups -OCH3 is 3. The summed E-state index contributed by atoms with van der Waals surface area (Å²) < 4.78 is 15.5. The van der Waals surface area contributed by atoms with Gasteiger partial charge in [0.25, 0.3) is 0 Å². The molecule has 0 spiro atoms. The average Bonchev–Trinajstić information content (AvgIpc) is 2.78. The van der Waals surface area contributed by atoms with E-state index in [-0.39, 0.29) is 6.03 Å². The van der Waals surface area contributed by atoms with Crippen LogP contribution in [0.25, 0.3) is 0 Å². The van der Waals surface area contributed by atoms with Gasteiger partial charge in [0.2, 0.25) is 0 Å². The molecule has 29 heavy (non-hydrogen) atoms. The lowest BCUT2D eigenvalue weighted by atomic mass is 10.2. The molecule has 2 aromatic carbocycles. The molecule has 1 N–H and O–H groups in total. The number of amides is 2. The number of carbonyl (C=O) groups is 2. The molecule has 0 saturated carbocycles. The van der Waals surface area contributed by atoms with E-state index in [1.807, 2.05) is 18.2 Å². The second kappa shape index (κ2) is 9.18. The quantitative estimate of drug-likeness (QED) is 0.779. The number of para-hydroxylation sites is 1. The smallest absolute Gasteiger partial charge is 0.339 e. The summed E-state index contributed by atoms with van der Waals surface area (Å²) in [5.74, 6) is 0.972. The summed E-state index contributed by atoms with van der Waals surface area (Å²) in [7, 11) is 4.55. The fourth-order valence-corrected chi connectivity index (χ4v) is 3.27. The largest absolute Gasteiger partial charge is 0.497 e. The Kier molecular flexibility index (Phi) is 6.43. The van der Waals surface area contributed by atoms with Gasteiger partial charge in [0, 0.05) is 32.2 Å². The number of nitrogens with zero attached hydrogens (tertiary/aromatic N) is 2. The maximum absolute atomic E-state index is 12.7. The Balaban J connectivity index is 1.64. The van der Waals surface area contributed by atoms with Crippen molar-refractivity contribution in [1.82, 2.24) is 4.90 Å². The molecular formula is C21H25N3O5. The number of hydrogen-bond donors (Lipinski definition) is 1. The van der Waals surface area contributed by atoms with Crippen molar-refractivity contribution in [2.45, 2.75) is 0 Å². The van der Waals surface area contributed by atoms with Gasteiger partial charge in [-0.05, 0) is 24.3 Å². The monoisotopic (exact) mass is 399 g/mol. The lowest BCUT2D eigenvalue weighted by molar-refractivity contribution is 0.0602. The van der Waals surface area contributed by atoms with Gasteiger partial charge in [0.1, 0.15) is 11.5 Å². The Morgan fingerprint density at radius 3 is 2.31 bits per heavy atom. The maximum atomic E-state index is 12.7. The third-order valence-electron chi connectivity index (χ3n) is 4.87.